The summed E-state index contributed by atoms with van der Waals surface area (Å²) in [6.07, 6.45) is 3.22. The third kappa shape index (κ3) is 4.61. The number of amides is 1. The van der Waals surface area contributed by atoms with Crippen LogP contribution in [0.5, 0.6) is 0 Å². The summed E-state index contributed by atoms with van der Waals surface area (Å²) in [6, 6.07) is 0.195. The Morgan fingerprint density at radius 3 is 2.88 bits per heavy atom. The van der Waals surface area contributed by atoms with Crippen LogP contribution in [-0.4, -0.2) is 56.4 Å². The summed E-state index contributed by atoms with van der Waals surface area (Å²) in [5.74, 6) is 0.0445. The van der Waals surface area contributed by atoms with Gasteiger partial charge in [0.05, 0.1) is 13.2 Å². The molecule has 5 nitrogen and oxygen atoms in total. The molecule has 1 heterocycles. The standard InChI is InChI=1S/C12H24N2O3/c1-10(13)11-5-3-4-6-14(11)12(15)9-17-8-7-16-2/h10-11H,3-9,13H2,1-2H3. The zero-order valence-electron chi connectivity index (χ0n) is 10.9. The van der Waals surface area contributed by atoms with E-state index in [0.29, 0.717) is 13.2 Å². The molecule has 0 aromatic carbocycles. The molecular formula is C12H24N2O3. The maximum atomic E-state index is 12.0. The molecule has 1 fully saturated rings. The van der Waals surface area contributed by atoms with Gasteiger partial charge in [-0.2, -0.15) is 0 Å². The van der Waals surface area contributed by atoms with Gasteiger partial charge in [-0.25, -0.2) is 0 Å². The number of carbonyl (C=O) groups is 1. The van der Waals surface area contributed by atoms with Crippen molar-refractivity contribution in [2.75, 3.05) is 33.5 Å². The van der Waals surface area contributed by atoms with E-state index >= 15 is 0 Å². The van der Waals surface area contributed by atoms with Gasteiger partial charge in [-0.15, -0.1) is 0 Å². The minimum absolute atomic E-state index is 0.0261. The van der Waals surface area contributed by atoms with Crippen molar-refractivity contribution in [3.8, 4) is 0 Å². The minimum atomic E-state index is 0.0261. The quantitative estimate of drug-likeness (QED) is 0.686. The molecule has 100 valence electrons. The molecule has 0 radical (unpaired) electrons. The number of hydrogen-bond acceptors (Lipinski definition) is 4. The maximum Gasteiger partial charge on any atom is 0.248 e. The number of hydrogen-bond donors (Lipinski definition) is 1. The van der Waals surface area contributed by atoms with Crippen LogP contribution < -0.4 is 5.73 Å². The van der Waals surface area contributed by atoms with Gasteiger partial charge in [-0.3, -0.25) is 4.79 Å². The molecule has 5 heteroatoms. The van der Waals surface area contributed by atoms with Crippen LogP contribution >= 0.6 is 0 Å². The van der Waals surface area contributed by atoms with E-state index in [4.69, 9.17) is 15.2 Å². The van der Waals surface area contributed by atoms with Gasteiger partial charge in [0.15, 0.2) is 0 Å². The Hall–Kier alpha value is -0.650. The summed E-state index contributed by atoms with van der Waals surface area (Å²) >= 11 is 0. The molecule has 17 heavy (non-hydrogen) atoms. The molecule has 1 amide bonds. The second kappa shape index (κ2) is 7.63. The molecule has 0 saturated carbocycles. The van der Waals surface area contributed by atoms with Crippen molar-refractivity contribution in [2.24, 2.45) is 5.73 Å². The van der Waals surface area contributed by atoms with Crippen molar-refractivity contribution in [3.05, 3.63) is 0 Å². The molecule has 0 aromatic rings. The molecule has 2 unspecified atom stereocenters. The first-order chi connectivity index (χ1) is 8.16. The first-order valence-electron chi connectivity index (χ1n) is 6.28. The fraction of sp³-hybridized carbons (Fsp3) is 0.917. The fourth-order valence-corrected chi connectivity index (χ4v) is 2.20. The highest BCUT2D eigenvalue weighted by Gasteiger charge is 2.28. The molecule has 1 aliphatic rings. The molecule has 0 bridgehead atoms. The van der Waals surface area contributed by atoms with E-state index in [-0.39, 0.29) is 24.6 Å². The van der Waals surface area contributed by atoms with Gasteiger partial charge in [-0.05, 0) is 26.2 Å². The molecule has 0 aliphatic carbocycles. The molecule has 2 N–H and O–H groups in total. The normalized spacial score (nSPS) is 22.5. The highest BCUT2D eigenvalue weighted by atomic mass is 16.5. The van der Waals surface area contributed by atoms with Gasteiger partial charge >= 0.3 is 0 Å². The summed E-state index contributed by atoms with van der Waals surface area (Å²) in [7, 11) is 1.61. The van der Waals surface area contributed by atoms with Crippen molar-refractivity contribution in [1.82, 2.24) is 4.90 Å². The molecule has 0 aromatic heterocycles. The Labute approximate surface area is 103 Å². The summed E-state index contributed by atoms with van der Waals surface area (Å²) in [6.45, 7) is 3.87. The highest BCUT2D eigenvalue weighted by Crippen LogP contribution is 2.19. The average Bonchev–Trinajstić information content (AvgIpc) is 2.34. The van der Waals surface area contributed by atoms with Crippen LogP contribution in [0.15, 0.2) is 0 Å². The Bertz CT molecular complexity index is 234. The lowest BCUT2D eigenvalue weighted by Crippen LogP contribution is -2.52. The van der Waals surface area contributed by atoms with Crippen LogP contribution in [0, 0.1) is 0 Å². The van der Waals surface area contributed by atoms with Crippen LogP contribution in [0.4, 0.5) is 0 Å². The smallest absolute Gasteiger partial charge is 0.248 e. The monoisotopic (exact) mass is 244 g/mol. The fourth-order valence-electron chi connectivity index (χ4n) is 2.20. The van der Waals surface area contributed by atoms with E-state index < -0.39 is 0 Å². The number of ether oxygens (including phenoxy) is 2. The van der Waals surface area contributed by atoms with Gasteiger partial charge in [0.1, 0.15) is 6.61 Å². The lowest BCUT2D eigenvalue weighted by atomic mass is 9.97. The summed E-state index contributed by atoms with van der Waals surface area (Å²) < 4.78 is 10.1. The lowest BCUT2D eigenvalue weighted by molar-refractivity contribution is -0.140. The second-order valence-electron chi connectivity index (χ2n) is 4.55. The van der Waals surface area contributed by atoms with Crippen LogP contribution in [0.25, 0.3) is 0 Å². The van der Waals surface area contributed by atoms with Crippen molar-refractivity contribution in [2.45, 2.75) is 38.3 Å². The van der Waals surface area contributed by atoms with Gasteiger partial charge in [0, 0.05) is 25.7 Å². The molecule has 1 rings (SSSR count). The van der Waals surface area contributed by atoms with Crippen LogP contribution in [-0.2, 0) is 14.3 Å². The summed E-state index contributed by atoms with van der Waals surface area (Å²) in [5.41, 5.74) is 5.92. The van der Waals surface area contributed by atoms with Gasteiger partial charge in [0.2, 0.25) is 5.91 Å². The number of rotatable bonds is 6. The SMILES string of the molecule is COCCOCC(=O)N1CCCCC1C(C)N. The predicted octanol–water partition coefficient (Wildman–Crippen LogP) is 0.378. The maximum absolute atomic E-state index is 12.0. The first-order valence-corrected chi connectivity index (χ1v) is 6.28. The number of carbonyl (C=O) groups excluding carboxylic acids is 1. The Balaban J connectivity index is 2.36. The second-order valence-corrected chi connectivity index (χ2v) is 4.55. The Kier molecular flexibility index (Phi) is 6.47. The van der Waals surface area contributed by atoms with E-state index in [1.165, 1.54) is 0 Å². The zero-order valence-corrected chi connectivity index (χ0v) is 10.9. The van der Waals surface area contributed by atoms with Gasteiger partial charge < -0.3 is 20.1 Å². The third-order valence-electron chi connectivity index (χ3n) is 3.13. The number of nitrogens with zero attached hydrogens (tertiary/aromatic N) is 1. The molecular weight excluding hydrogens is 220 g/mol. The number of methoxy groups -OCH3 is 1. The van der Waals surface area contributed by atoms with E-state index in [1.54, 1.807) is 7.11 Å². The minimum Gasteiger partial charge on any atom is -0.382 e. The lowest BCUT2D eigenvalue weighted by Gasteiger charge is -2.38. The van der Waals surface area contributed by atoms with E-state index in [9.17, 15) is 4.79 Å². The number of piperidine rings is 1. The highest BCUT2D eigenvalue weighted by molar-refractivity contribution is 5.78. The average molecular weight is 244 g/mol. The van der Waals surface area contributed by atoms with Crippen LogP contribution in [0.3, 0.4) is 0 Å². The van der Waals surface area contributed by atoms with E-state index in [0.717, 1.165) is 25.8 Å². The van der Waals surface area contributed by atoms with Crippen LogP contribution in [0.2, 0.25) is 0 Å². The zero-order chi connectivity index (χ0) is 12.7. The van der Waals surface area contributed by atoms with Crippen molar-refractivity contribution in [3.63, 3.8) is 0 Å². The van der Waals surface area contributed by atoms with Gasteiger partial charge in [0.25, 0.3) is 0 Å². The largest absolute Gasteiger partial charge is 0.382 e. The first kappa shape index (κ1) is 14.4. The third-order valence-corrected chi connectivity index (χ3v) is 3.13. The van der Waals surface area contributed by atoms with Gasteiger partial charge in [-0.1, -0.05) is 0 Å². The topological polar surface area (TPSA) is 64.8 Å². The van der Waals surface area contributed by atoms with E-state index in [2.05, 4.69) is 0 Å². The molecule has 1 saturated heterocycles. The Morgan fingerprint density at radius 2 is 2.24 bits per heavy atom. The van der Waals surface area contributed by atoms with Crippen molar-refractivity contribution in [1.29, 1.82) is 0 Å². The van der Waals surface area contributed by atoms with Crippen LogP contribution in [0.1, 0.15) is 26.2 Å². The van der Waals surface area contributed by atoms with E-state index in [1.807, 2.05) is 11.8 Å². The Morgan fingerprint density at radius 1 is 1.47 bits per heavy atom. The predicted molar refractivity (Wildman–Crippen MR) is 65.7 cm³/mol. The van der Waals surface area contributed by atoms with Crippen molar-refractivity contribution >= 4 is 5.91 Å². The number of nitrogens with two attached hydrogens (primary N) is 1. The summed E-state index contributed by atoms with van der Waals surface area (Å²) in [4.78, 5) is 13.9. The molecule has 0 spiro atoms. The number of likely N-dealkylation sites (tertiary alicyclic amines) is 1. The summed E-state index contributed by atoms with van der Waals surface area (Å²) in [5, 5.41) is 0. The molecule has 2 atom stereocenters. The van der Waals surface area contributed by atoms with Crippen molar-refractivity contribution < 1.29 is 14.3 Å². The molecule has 1 aliphatic heterocycles.